The minimum atomic E-state index is 0.0814. The molecule has 2 unspecified atom stereocenters. The average Bonchev–Trinajstić information content (AvgIpc) is 2.76. The van der Waals surface area contributed by atoms with Crippen molar-refractivity contribution < 1.29 is 4.79 Å². The Morgan fingerprint density at radius 1 is 1.61 bits per heavy atom. The predicted octanol–water partition coefficient (Wildman–Crippen LogP) is 2.32. The second kappa shape index (κ2) is 5.80. The molecule has 2 N–H and O–H groups in total. The molecule has 4 nitrogen and oxygen atoms in total. The highest BCUT2D eigenvalue weighted by atomic mass is 32.1. The molecule has 0 aliphatic heterocycles. The number of hydrogen-bond donors (Lipinski definition) is 1. The largest absolute Gasteiger partial charge is 0.328 e. The molecular weight excluding hydrogens is 246 g/mol. The molecule has 0 radical (unpaired) electrons. The second-order valence-electron chi connectivity index (χ2n) is 4.98. The van der Waals surface area contributed by atoms with E-state index in [1.165, 1.54) is 11.3 Å². The molecule has 0 saturated heterocycles. The zero-order valence-electron chi connectivity index (χ0n) is 11.1. The SMILES string of the molecule is CCN(C(=O)C1CCCC(N)C1)c1nc(C)cs1. The van der Waals surface area contributed by atoms with E-state index in [9.17, 15) is 4.79 Å². The van der Waals surface area contributed by atoms with Crippen LogP contribution in [0.5, 0.6) is 0 Å². The second-order valence-corrected chi connectivity index (χ2v) is 5.81. The Labute approximate surface area is 112 Å². The van der Waals surface area contributed by atoms with Gasteiger partial charge < -0.3 is 5.73 Å². The molecule has 1 aromatic heterocycles. The van der Waals surface area contributed by atoms with Gasteiger partial charge in [-0.25, -0.2) is 4.98 Å². The summed E-state index contributed by atoms with van der Waals surface area (Å²) in [5.74, 6) is 0.278. The number of amides is 1. The van der Waals surface area contributed by atoms with Crippen molar-refractivity contribution in [2.24, 2.45) is 11.7 Å². The highest BCUT2D eigenvalue weighted by Gasteiger charge is 2.29. The third-order valence-electron chi connectivity index (χ3n) is 3.48. The van der Waals surface area contributed by atoms with Crippen molar-refractivity contribution >= 4 is 22.4 Å². The van der Waals surface area contributed by atoms with Gasteiger partial charge in [0.2, 0.25) is 5.91 Å². The van der Waals surface area contributed by atoms with Gasteiger partial charge in [-0.1, -0.05) is 6.42 Å². The van der Waals surface area contributed by atoms with E-state index in [0.29, 0.717) is 6.54 Å². The van der Waals surface area contributed by atoms with Crippen LogP contribution in [0.3, 0.4) is 0 Å². The maximum absolute atomic E-state index is 12.5. The van der Waals surface area contributed by atoms with E-state index in [-0.39, 0.29) is 17.9 Å². The van der Waals surface area contributed by atoms with Crippen LogP contribution in [0.1, 0.15) is 38.3 Å². The van der Waals surface area contributed by atoms with Crippen LogP contribution < -0.4 is 10.6 Å². The van der Waals surface area contributed by atoms with Crippen molar-refractivity contribution in [1.82, 2.24) is 4.98 Å². The van der Waals surface area contributed by atoms with Crippen LogP contribution in [0.15, 0.2) is 5.38 Å². The zero-order chi connectivity index (χ0) is 13.1. The predicted molar refractivity (Wildman–Crippen MR) is 74.8 cm³/mol. The Hall–Kier alpha value is -0.940. The van der Waals surface area contributed by atoms with Crippen molar-refractivity contribution in [2.75, 3.05) is 11.4 Å². The lowest BCUT2D eigenvalue weighted by Crippen LogP contribution is -2.40. The third-order valence-corrected chi connectivity index (χ3v) is 4.47. The number of nitrogens with zero attached hydrogens (tertiary/aromatic N) is 2. The van der Waals surface area contributed by atoms with Crippen LogP contribution in [0, 0.1) is 12.8 Å². The molecule has 1 amide bonds. The van der Waals surface area contributed by atoms with Crippen molar-refractivity contribution in [1.29, 1.82) is 0 Å². The van der Waals surface area contributed by atoms with Crippen molar-refractivity contribution in [2.45, 2.75) is 45.6 Å². The van der Waals surface area contributed by atoms with Gasteiger partial charge in [0.25, 0.3) is 0 Å². The number of hydrogen-bond acceptors (Lipinski definition) is 4. The topological polar surface area (TPSA) is 59.2 Å². The quantitative estimate of drug-likeness (QED) is 0.914. The highest BCUT2D eigenvalue weighted by Crippen LogP contribution is 2.28. The van der Waals surface area contributed by atoms with Crippen LogP contribution in [0.4, 0.5) is 5.13 Å². The van der Waals surface area contributed by atoms with Crippen LogP contribution in [0.25, 0.3) is 0 Å². The molecule has 5 heteroatoms. The number of carbonyl (C=O) groups excluding carboxylic acids is 1. The average molecular weight is 267 g/mol. The fourth-order valence-electron chi connectivity index (χ4n) is 2.52. The number of thiazole rings is 1. The third kappa shape index (κ3) is 2.90. The zero-order valence-corrected chi connectivity index (χ0v) is 11.9. The summed E-state index contributed by atoms with van der Waals surface area (Å²) in [6.45, 7) is 4.63. The van der Waals surface area contributed by atoms with Gasteiger partial charge in [-0.2, -0.15) is 0 Å². The number of nitrogens with two attached hydrogens (primary N) is 1. The van der Waals surface area contributed by atoms with Gasteiger partial charge >= 0.3 is 0 Å². The van der Waals surface area contributed by atoms with Gasteiger partial charge in [-0.3, -0.25) is 9.69 Å². The fraction of sp³-hybridized carbons (Fsp3) is 0.692. The first-order chi connectivity index (χ1) is 8.61. The molecule has 2 rings (SSSR count). The molecule has 1 heterocycles. The standard InChI is InChI=1S/C13H21N3OS/c1-3-16(13-15-9(2)8-18-13)12(17)10-5-4-6-11(14)7-10/h8,10-11H,3-7,14H2,1-2H3. The maximum atomic E-state index is 12.5. The van der Waals surface area contributed by atoms with E-state index < -0.39 is 0 Å². The van der Waals surface area contributed by atoms with E-state index in [1.54, 1.807) is 4.90 Å². The van der Waals surface area contributed by atoms with Crippen LogP contribution in [-0.2, 0) is 4.79 Å². The van der Waals surface area contributed by atoms with Crippen LogP contribution in [-0.4, -0.2) is 23.5 Å². The Morgan fingerprint density at radius 2 is 2.39 bits per heavy atom. The number of carbonyl (C=O) groups is 1. The Morgan fingerprint density at radius 3 is 2.94 bits per heavy atom. The molecule has 2 atom stereocenters. The van der Waals surface area contributed by atoms with E-state index >= 15 is 0 Å². The van der Waals surface area contributed by atoms with Crippen LogP contribution >= 0.6 is 11.3 Å². The summed E-state index contributed by atoms with van der Waals surface area (Å²) in [6.07, 6.45) is 3.89. The van der Waals surface area contributed by atoms with Gasteiger partial charge in [0, 0.05) is 23.9 Å². The molecular formula is C13H21N3OS. The lowest BCUT2D eigenvalue weighted by molar-refractivity contribution is -0.123. The summed E-state index contributed by atoms with van der Waals surface area (Å²) < 4.78 is 0. The van der Waals surface area contributed by atoms with E-state index in [4.69, 9.17) is 5.73 Å². The molecule has 1 fully saturated rings. The molecule has 1 saturated carbocycles. The van der Waals surface area contributed by atoms with Crippen LogP contribution in [0.2, 0.25) is 0 Å². The Balaban J connectivity index is 2.10. The van der Waals surface area contributed by atoms with Crippen molar-refractivity contribution in [3.8, 4) is 0 Å². The monoisotopic (exact) mass is 267 g/mol. The summed E-state index contributed by atoms with van der Waals surface area (Å²) in [6, 6.07) is 0.185. The van der Waals surface area contributed by atoms with Crippen molar-refractivity contribution in [3.63, 3.8) is 0 Å². The van der Waals surface area contributed by atoms with Gasteiger partial charge in [-0.15, -0.1) is 11.3 Å². The number of anilines is 1. The number of aryl methyl sites for hydroxylation is 1. The summed E-state index contributed by atoms with van der Waals surface area (Å²) >= 11 is 1.54. The van der Waals surface area contributed by atoms with E-state index in [1.807, 2.05) is 19.2 Å². The molecule has 0 spiro atoms. The van der Waals surface area contributed by atoms with E-state index in [2.05, 4.69) is 4.98 Å². The molecule has 0 bridgehead atoms. The molecule has 0 aromatic carbocycles. The minimum absolute atomic E-state index is 0.0814. The molecule has 1 aliphatic carbocycles. The summed E-state index contributed by atoms with van der Waals surface area (Å²) in [4.78, 5) is 18.7. The van der Waals surface area contributed by atoms with Gasteiger partial charge in [0.15, 0.2) is 5.13 Å². The fourth-order valence-corrected chi connectivity index (χ4v) is 3.39. The minimum Gasteiger partial charge on any atom is -0.328 e. The summed E-state index contributed by atoms with van der Waals surface area (Å²) in [7, 11) is 0. The number of aromatic nitrogens is 1. The normalized spacial score (nSPS) is 23.9. The van der Waals surface area contributed by atoms with Crippen molar-refractivity contribution in [3.05, 3.63) is 11.1 Å². The molecule has 1 aliphatic rings. The highest BCUT2D eigenvalue weighted by molar-refractivity contribution is 7.14. The lowest BCUT2D eigenvalue weighted by Gasteiger charge is -2.29. The summed E-state index contributed by atoms with van der Waals surface area (Å²) in [5, 5.41) is 2.80. The molecule has 100 valence electrons. The number of rotatable bonds is 3. The first-order valence-electron chi connectivity index (χ1n) is 6.61. The lowest BCUT2D eigenvalue weighted by atomic mass is 9.85. The van der Waals surface area contributed by atoms with E-state index in [0.717, 1.165) is 36.5 Å². The van der Waals surface area contributed by atoms with Gasteiger partial charge in [0.05, 0.1) is 5.69 Å². The first kappa shape index (κ1) is 13.5. The Kier molecular flexibility index (Phi) is 4.35. The molecule has 18 heavy (non-hydrogen) atoms. The summed E-state index contributed by atoms with van der Waals surface area (Å²) in [5.41, 5.74) is 6.94. The molecule has 1 aromatic rings. The van der Waals surface area contributed by atoms with Gasteiger partial charge in [0.1, 0.15) is 0 Å². The maximum Gasteiger partial charge on any atom is 0.231 e. The first-order valence-corrected chi connectivity index (χ1v) is 7.49. The smallest absolute Gasteiger partial charge is 0.231 e. The van der Waals surface area contributed by atoms with Gasteiger partial charge in [-0.05, 0) is 33.1 Å². The Bertz CT molecular complexity index is 418.